The second-order valence-electron chi connectivity index (χ2n) is 21.0. The van der Waals surface area contributed by atoms with E-state index in [1.807, 2.05) is 0 Å². The third kappa shape index (κ3) is 10.9. The lowest BCUT2D eigenvalue weighted by molar-refractivity contribution is -0.152. The molecule has 0 heterocycles. The van der Waals surface area contributed by atoms with Gasteiger partial charge in [-0.1, -0.05) is 148 Å². The second kappa shape index (κ2) is 20.4. The van der Waals surface area contributed by atoms with E-state index in [4.69, 9.17) is 9.47 Å². The number of allylic oxidation sites excluding steroid dienone is 3. The van der Waals surface area contributed by atoms with E-state index in [1.165, 1.54) is 122 Å². The van der Waals surface area contributed by atoms with Gasteiger partial charge in [0.25, 0.3) is 0 Å². The fourth-order valence-corrected chi connectivity index (χ4v) is 13.6. The van der Waals surface area contributed by atoms with Crippen molar-refractivity contribution in [2.75, 3.05) is 6.61 Å². The van der Waals surface area contributed by atoms with Crippen molar-refractivity contribution in [2.24, 2.45) is 64.1 Å². The summed E-state index contributed by atoms with van der Waals surface area (Å²) < 4.78 is 11.7. The molecule has 11 atom stereocenters. The Morgan fingerprint density at radius 2 is 1.44 bits per heavy atom. The van der Waals surface area contributed by atoms with E-state index >= 15 is 0 Å². The zero-order valence-corrected chi connectivity index (χ0v) is 36.4. The van der Waals surface area contributed by atoms with E-state index < -0.39 is 0 Å². The Balaban J connectivity index is 0.765. The molecule has 2 bridgehead atoms. The maximum Gasteiger partial charge on any atom is 0.309 e. The largest absolute Gasteiger partial charge is 0.465 e. The van der Waals surface area contributed by atoms with Gasteiger partial charge in [-0.25, -0.2) is 0 Å². The van der Waals surface area contributed by atoms with Gasteiger partial charge in [0.1, 0.15) is 6.10 Å². The summed E-state index contributed by atoms with van der Waals surface area (Å²) in [5.74, 6) is 6.53. The van der Waals surface area contributed by atoms with E-state index in [0.717, 1.165) is 80.5 Å². The minimum absolute atomic E-state index is 0.0465. The standard InChI is InChI=1S/C51H84O4/c1-37(2)20-19-21-38(3)45-27-28-46-43-26-25-41-36-42(29-31-50(41,4)47(43)30-32-51(45,46)5)55-48(52)22-17-15-13-11-9-7-6-8-10-12-14-16-18-33-54-49(53)44-35-39-23-24-40(44)34-39/h23-25,37-40,42-47H,6-22,26-36H2,1-5H3/t38-,39?,40?,42?,43+,44?,45-,46+,47+,50+,51-/m1/s1. The first kappa shape index (κ1) is 43.0. The molecule has 0 saturated heterocycles. The van der Waals surface area contributed by atoms with Crippen molar-refractivity contribution < 1.29 is 19.1 Å². The van der Waals surface area contributed by atoms with Crippen LogP contribution in [-0.4, -0.2) is 24.6 Å². The lowest BCUT2D eigenvalue weighted by Gasteiger charge is -2.58. The second-order valence-corrected chi connectivity index (χ2v) is 21.0. The molecule has 4 saturated carbocycles. The monoisotopic (exact) mass is 761 g/mol. The Labute approximate surface area is 338 Å². The molecule has 4 heteroatoms. The fourth-order valence-electron chi connectivity index (χ4n) is 13.6. The van der Waals surface area contributed by atoms with Crippen molar-refractivity contribution >= 4 is 11.9 Å². The summed E-state index contributed by atoms with van der Waals surface area (Å²) in [5, 5.41) is 0. The molecule has 0 spiro atoms. The maximum atomic E-state index is 12.9. The smallest absolute Gasteiger partial charge is 0.309 e. The highest BCUT2D eigenvalue weighted by Crippen LogP contribution is 2.67. The summed E-state index contributed by atoms with van der Waals surface area (Å²) >= 11 is 0. The van der Waals surface area contributed by atoms with E-state index in [0.29, 0.717) is 35.7 Å². The molecule has 4 nitrogen and oxygen atoms in total. The number of ether oxygens (including phenoxy) is 2. The van der Waals surface area contributed by atoms with Crippen LogP contribution in [0.15, 0.2) is 23.8 Å². The molecule has 4 fully saturated rings. The highest BCUT2D eigenvalue weighted by Gasteiger charge is 2.59. The minimum Gasteiger partial charge on any atom is -0.465 e. The molecule has 0 amide bonds. The average molecular weight is 761 g/mol. The number of rotatable bonds is 23. The predicted octanol–water partition coefficient (Wildman–Crippen LogP) is 14.2. The van der Waals surface area contributed by atoms with Gasteiger partial charge in [0.15, 0.2) is 0 Å². The van der Waals surface area contributed by atoms with E-state index in [2.05, 4.69) is 52.8 Å². The lowest BCUT2D eigenvalue weighted by atomic mass is 9.47. The number of unbranched alkanes of at least 4 members (excludes halogenated alkanes) is 12. The third-order valence-electron chi connectivity index (χ3n) is 16.9. The van der Waals surface area contributed by atoms with Crippen molar-refractivity contribution in [3.05, 3.63) is 23.8 Å². The number of esters is 2. The Kier molecular flexibility index (Phi) is 16.0. The first-order valence-corrected chi connectivity index (χ1v) is 24.3. The zero-order valence-electron chi connectivity index (χ0n) is 36.4. The summed E-state index contributed by atoms with van der Waals surface area (Å²) in [5.41, 5.74) is 2.50. The van der Waals surface area contributed by atoms with Gasteiger partial charge in [-0.15, -0.1) is 0 Å². The van der Waals surface area contributed by atoms with Gasteiger partial charge in [0.2, 0.25) is 0 Å². The van der Waals surface area contributed by atoms with Crippen LogP contribution in [0.5, 0.6) is 0 Å². The number of hydrogen-bond donors (Lipinski definition) is 0. The summed E-state index contributed by atoms with van der Waals surface area (Å²) in [4.78, 5) is 25.2. The van der Waals surface area contributed by atoms with Crippen molar-refractivity contribution in [3.8, 4) is 0 Å². The molecule has 0 aliphatic heterocycles. The Bertz CT molecular complexity index is 1280. The molecule has 0 radical (unpaired) electrons. The quantitative estimate of drug-likeness (QED) is 0.0591. The number of carbonyl (C=O) groups is 2. The molecule has 6 aliphatic rings. The molecule has 0 aromatic heterocycles. The fraction of sp³-hybridized carbons (Fsp3) is 0.882. The van der Waals surface area contributed by atoms with Crippen molar-refractivity contribution in [1.82, 2.24) is 0 Å². The molecule has 55 heavy (non-hydrogen) atoms. The molecule has 0 N–H and O–H groups in total. The molecule has 6 rings (SSSR count). The summed E-state index contributed by atoms with van der Waals surface area (Å²) in [6.07, 6.45) is 40.6. The maximum absolute atomic E-state index is 12.9. The SMILES string of the molecule is CC(C)CCC[C@@H](C)[C@H]1CC[C@H]2[C@@H]3CC=C4CC(OC(=O)CCCCCCCCCCCCCCCOC(=O)C5CC6C=CC5C6)CC[C@]4(C)[C@H]3CC[C@]12C. The number of hydrogen-bond acceptors (Lipinski definition) is 4. The van der Waals surface area contributed by atoms with Crippen molar-refractivity contribution in [3.63, 3.8) is 0 Å². The van der Waals surface area contributed by atoms with E-state index in [-0.39, 0.29) is 24.0 Å². The van der Waals surface area contributed by atoms with Gasteiger partial charge in [-0.2, -0.15) is 0 Å². The summed E-state index contributed by atoms with van der Waals surface area (Å²) in [6, 6.07) is 0. The average Bonchev–Trinajstić information content (AvgIpc) is 3.89. The molecule has 0 aromatic carbocycles. The van der Waals surface area contributed by atoms with Gasteiger partial charge in [0.05, 0.1) is 12.5 Å². The van der Waals surface area contributed by atoms with Crippen LogP contribution in [0.4, 0.5) is 0 Å². The first-order valence-electron chi connectivity index (χ1n) is 24.3. The van der Waals surface area contributed by atoms with Crippen LogP contribution >= 0.6 is 0 Å². The molecular weight excluding hydrogens is 677 g/mol. The first-order chi connectivity index (χ1) is 26.6. The van der Waals surface area contributed by atoms with Gasteiger partial charge >= 0.3 is 11.9 Å². The van der Waals surface area contributed by atoms with Gasteiger partial charge < -0.3 is 9.47 Å². The molecular formula is C51H84O4. The van der Waals surface area contributed by atoms with Crippen LogP contribution in [0.3, 0.4) is 0 Å². The normalized spacial score (nSPS) is 35.3. The Morgan fingerprint density at radius 3 is 2.09 bits per heavy atom. The van der Waals surface area contributed by atoms with Gasteiger partial charge in [-0.05, 0) is 129 Å². The Hall–Kier alpha value is -1.58. The third-order valence-corrected chi connectivity index (χ3v) is 16.9. The van der Waals surface area contributed by atoms with Crippen LogP contribution in [0.25, 0.3) is 0 Å². The number of carbonyl (C=O) groups excluding carboxylic acids is 2. The van der Waals surface area contributed by atoms with E-state index in [9.17, 15) is 9.59 Å². The van der Waals surface area contributed by atoms with Gasteiger partial charge in [0, 0.05) is 12.8 Å². The Morgan fingerprint density at radius 1 is 0.745 bits per heavy atom. The molecule has 0 aromatic rings. The van der Waals surface area contributed by atoms with Gasteiger partial charge in [-0.3, -0.25) is 9.59 Å². The molecule has 312 valence electrons. The summed E-state index contributed by atoms with van der Waals surface area (Å²) in [6.45, 7) is 13.2. The predicted molar refractivity (Wildman–Crippen MR) is 227 cm³/mol. The van der Waals surface area contributed by atoms with E-state index in [1.54, 1.807) is 5.57 Å². The summed E-state index contributed by atoms with van der Waals surface area (Å²) in [7, 11) is 0. The van der Waals surface area contributed by atoms with Crippen LogP contribution in [0.1, 0.15) is 208 Å². The molecule has 6 aliphatic carbocycles. The number of fused-ring (bicyclic) bond motifs is 7. The lowest BCUT2D eigenvalue weighted by Crippen LogP contribution is -2.51. The topological polar surface area (TPSA) is 52.6 Å². The molecule has 4 unspecified atom stereocenters. The highest BCUT2D eigenvalue weighted by molar-refractivity contribution is 5.74. The highest BCUT2D eigenvalue weighted by atomic mass is 16.5. The van der Waals surface area contributed by atoms with Crippen LogP contribution < -0.4 is 0 Å². The van der Waals surface area contributed by atoms with Crippen LogP contribution in [0.2, 0.25) is 0 Å². The van der Waals surface area contributed by atoms with Crippen LogP contribution in [0, 0.1) is 64.1 Å². The zero-order chi connectivity index (χ0) is 38.8. The minimum atomic E-state index is 0.0465. The van der Waals surface area contributed by atoms with Crippen molar-refractivity contribution in [1.29, 1.82) is 0 Å². The van der Waals surface area contributed by atoms with Crippen LogP contribution in [-0.2, 0) is 19.1 Å². The van der Waals surface area contributed by atoms with Crippen molar-refractivity contribution in [2.45, 2.75) is 214 Å².